The van der Waals surface area contributed by atoms with E-state index in [9.17, 15) is 5.11 Å². The minimum Gasteiger partial charge on any atom is -0.392 e. The summed E-state index contributed by atoms with van der Waals surface area (Å²) in [5.74, 6) is 0. The molecule has 0 bridgehead atoms. The summed E-state index contributed by atoms with van der Waals surface area (Å²) in [5, 5.41) is 10.4. The van der Waals surface area contributed by atoms with Crippen LogP contribution in [-0.4, -0.2) is 11.2 Å². The van der Waals surface area contributed by atoms with Gasteiger partial charge in [0.2, 0.25) is 0 Å². The lowest BCUT2D eigenvalue weighted by Gasteiger charge is -2.18. The number of halogens is 1. The fourth-order valence-electron chi connectivity index (χ4n) is 1.88. The lowest BCUT2D eigenvalue weighted by molar-refractivity contribution is 0.150. The quantitative estimate of drug-likeness (QED) is 0.771. The maximum Gasteiger partial charge on any atom is 0.0608 e. The molecule has 0 aliphatic heterocycles. The molecule has 1 fully saturated rings. The van der Waals surface area contributed by atoms with Gasteiger partial charge < -0.3 is 5.11 Å². The highest BCUT2D eigenvalue weighted by Gasteiger charge is 2.48. The molecule has 0 radical (unpaired) electrons. The Bertz CT molecular complexity index is 316. The second-order valence-electron chi connectivity index (χ2n) is 3.84. The number of aliphatic hydroxyl groups excluding tert-OH is 1. The van der Waals surface area contributed by atoms with Crippen LogP contribution in [0.5, 0.6) is 0 Å². The van der Waals surface area contributed by atoms with Crippen molar-refractivity contribution in [3.05, 3.63) is 34.9 Å². The first kappa shape index (κ1) is 9.04. The molecule has 1 atom stereocenters. The van der Waals surface area contributed by atoms with Gasteiger partial charge in [-0.15, -0.1) is 0 Å². The molecule has 13 heavy (non-hydrogen) atoms. The van der Waals surface area contributed by atoms with Gasteiger partial charge >= 0.3 is 0 Å². The third kappa shape index (κ3) is 1.47. The van der Waals surface area contributed by atoms with Crippen LogP contribution in [0.2, 0.25) is 5.02 Å². The Kier molecular flexibility index (Phi) is 2.09. The van der Waals surface area contributed by atoms with Gasteiger partial charge in [-0.05, 0) is 37.5 Å². The summed E-state index contributed by atoms with van der Waals surface area (Å²) in [4.78, 5) is 0. The van der Waals surface area contributed by atoms with E-state index in [2.05, 4.69) is 0 Å². The fraction of sp³-hybridized carbons (Fsp3) is 0.455. The zero-order valence-corrected chi connectivity index (χ0v) is 8.38. The van der Waals surface area contributed by atoms with Crippen molar-refractivity contribution in [1.82, 2.24) is 0 Å². The molecule has 1 saturated carbocycles. The predicted molar refractivity (Wildman–Crippen MR) is 54.0 cm³/mol. The maximum absolute atomic E-state index is 9.64. The molecule has 1 unspecified atom stereocenters. The Hall–Kier alpha value is -0.530. The van der Waals surface area contributed by atoms with Crippen LogP contribution >= 0.6 is 11.6 Å². The van der Waals surface area contributed by atoms with Crippen LogP contribution in [0.3, 0.4) is 0 Å². The van der Waals surface area contributed by atoms with Crippen LogP contribution in [0.15, 0.2) is 24.3 Å². The molecule has 0 amide bonds. The van der Waals surface area contributed by atoms with Gasteiger partial charge in [-0.1, -0.05) is 23.7 Å². The highest BCUT2D eigenvalue weighted by Crippen LogP contribution is 2.51. The van der Waals surface area contributed by atoms with Crippen molar-refractivity contribution in [3.8, 4) is 0 Å². The third-order valence-corrected chi connectivity index (χ3v) is 3.22. The second-order valence-corrected chi connectivity index (χ2v) is 4.28. The van der Waals surface area contributed by atoms with E-state index < -0.39 is 0 Å². The normalized spacial score (nSPS) is 21.2. The van der Waals surface area contributed by atoms with Crippen molar-refractivity contribution >= 4 is 11.6 Å². The van der Waals surface area contributed by atoms with Gasteiger partial charge in [0.15, 0.2) is 0 Å². The molecular weight excluding hydrogens is 184 g/mol. The van der Waals surface area contributed by atoms with Crippen molar-refractivity contribution in [1.29, 1.82) is 0 Å². The fourth-order valence-corrected chi connectivity index (χ4v) is 2.07. The zero-order valence-electron chi connectivity index (χ0n) is 7.63. The minimum absolute atomic E-state index is 0.00486. The molecule has 0 spiro atoms. The van der Waals surface area contributed by atoms with Gasteiger partial charge in [0, 0.05) is 10.4 Å². The summed E-state index contributed by atoms with van der Waals surface area (Å²) in [6.45, 7) is 1.86. The van der Waals surface area contributed by atoms with E-state index in [1.165, 1.54) is 5.56 Å². The van der Waals surface area contributed by atoms with Gasteiger partial charge in [0.1, 0.15) is 0 Å². The van der Waals surface area contributed by atoms with E-state index in [0.29, 0.717) is 0 Å². The van der Waals surface area contributed by atoms with Gasteiger partial charge in [0.05, 0.1) is 6.10 Å². The molecule has 1 aliphatic rings. The van der Waals surface area contributed by atoms with E-state index in [4.69, 9.17) is 11.6 Å². The number of aliphatic hydroxyl groups is 1. The first-order chi connectivity index (χ1) is 6.15. The zero-order chi connectivity index (χ0) is 9.47. The molecule has 1 aromatic carbocycles. The average molecular weight is 197 g/mol. The first-order valence-corrected chi connectivity index (χ1v) is 4.97. The molecular formula is C11H13ClO. The first-order valence-electron chi connectivity index (χ1n) is 4.59. The summed E-state index contributed by atoms with van der Waals surface area (Å²) in [5.41, 5.74) is 1.18. The summed E-state index contributed by atoms with van der Waals surface area (Å²) >= 11 is 5.90. The van der Waals surface area contributed by atoms with E-state index in [0.717, 1.165) is 17.9 Å². The molecule has 1 aromatic rings. The SMILES string of the molecule is CC(O)C1(c2cccc(Cl)c2)CC1. The van der Waals surface area contributed by atoms with Crippen molar-refractivity contribution in [2.45, 2.75) is 31.3 Å². The Balaban J connectivity index is 2.35. The largest absolute Gasteiger partial charge is 0.392 e. The molecule has 2 rings (SSSR count). The summed E-state index contributed by atoms with van der Waals surface area (Å²) in [6.07, 6.45) is 1.88. The van der Waals surface area contributed by atoms with Crippen molar-refractivity contribution in [2.24, 2.45) is 0 Å². The monoisotopic (exact) mass is 196 g/mol. The average Bonchev–Trinajstić information content (AvgIpc) is 2.83. The predicted octanol–water partition coefficient (Wildman–Crippen LogP) is 2.75. The summed E-state index contributed by atoms with van der Waals surface area (Å²) in [7, 11) is 0. The van der Waals surface area contributed by atoms with Crippen LogP contribution in [0.25, 0.3) is 0 Å². The van der Waals surface area contributed by atoms with Crippen LogP contribution in [0, 0.1) is 0 Å². The highest BCUT2D eigenvalue weighted by atomic mass is 35.5. The minimum atomic E-state index is -0.272. The van der Waals surface area contributed by atoms with Crippen LogP contribution in [0.4, 0.5) is 0 Å². The number of hydrogen-bond acceptors (Lipinski definition) is 1. The third-order valence-electron chi connectivity index (χ3n) is 2.99. The van der Waals surface area contributed by atoms with Crippen LogP contribution in [0.1, 0.15) is 25.3 Å². The lowest BCUT2D eigenvalue weighted by atomic mass is 9.91. The molecule has 0 heterocycles. The smallest absolute Gasteiger partial charge is 0.0608 e. The Morgan fingerprint density at radius 2 is 2.15 bits per heavy atom. The topological polar surface area (TPSA) is 20.2 Å². The summed E-state index contributed by atoms with van der Waals surface area (Å²) < 4.78 is 0. The molecule has 1 N–H and O–H groups in total. The highest BCUT2D eigenvalue weighted by molar-refractivity contribution is 6.30. The van der Waals surface area contributed by atoms with Gasteiger partial charge in [-0.25, -0.2) is 0 Å². The standard InChI is InChI=1S/C11H13ClO/c1-8(13)11(5-6-11)9-3-2-4-10(12)7-9/h2-4,7-8,13H,5-6H2,1H3. The molecule has 0 aromatic heterocycles. The van der Waals surface area contributed by atoms with E-state index in [1.54, 1.807) is 0 Å². The lowest BCUT2D eigenvalue weighted by Crippen LogP contribution is -2.22. The summed E-state index contributed by atoms with van der Waals surface area (Å²) in [6, 6.07) is 7.82. The van der Waals surface area contributed by atoms with E-state index in [1.807, 2.05) is 31.2 Å². The van der Waals surface area contributed by atoms with Crippen LogP contribution < -0.4 is 0 Å². The molecule has 2 heteroatoms. The van der Waals surface area contributed by atoms with Gasteiger partial charge in [-0.2, -0.15) is 0 Å². The Morgan fingerprint density at radius 1 is 1.46 bits per heavy atom. The number of rotatable bonds is 2. The number of benzene rings is 1. The van der Waals surface area contributed by atoms with Crippen LogP contribution in [-0.2, 0) is 5.41 Å². The van der Waals surface area contributed by atoms with Gasteiger partial charge in [0.25, 0.3) is 0 Å². The number of hydrogen-bond donors (Lipinski definition) is 1. The molecule has 70 valence electrons. The van der Waals surface area contributed by atoms with Gasteiger partial charge in [-0.3, -0.25) is 0 Å². The van der Waals surface area contributed by atoms with E-state index >= 15 is 0 Å². The Labute approximate surface area is 83.3 Å². The van der Waals surface area contributed by atoms with Crippen molar-refractivity contribution in [2.75, 3.05) is 0 Å². The maximum atomic E-state index is 9.64. The molecule has 0 saturated heterocycles. The second kappa shape index (κ2) is 3.00. The molecule has 1 aliphatic carbocycles. The Morgan fingerprint density at radius 3 is 2.62 bits per heavy atom. The van der Waals surface area contributed by atoms with Crippen molar-refractivity contribution < 1.29 is 5.11 Å². The van der Waals surface area contributed by atoms with Crippen molar-refractivity contribution in [3.63, 3.8) is 0 Å². The molecule has 1 nitrogen and oxygen atoms in total. The van der Waals surface area contributed by atoms with E-state index in [-0.39, 0.29) is 11.5 Å².